The molecule has 4 nitrogen and oxygen atoms in total. The number of nitrogens with one attached hydrogen (secondary N) is 1. The van der Waals surface area contributed by atoms with Crippen molar-refractivity contribution in [3.63, 3.8) is 0 Å². The second-order valence-electron chi connectivity index (χ2n) is 3.90. The minimum Gasteiger partial charge on any atom is -0.299 e. The molecule has 16 heavy (non-hydrogen) atoms. The fraction of sp³-hybridized carbons (Fsp3) is 0.636. The molecular formula is C11H19ClN4. The van der Waals surface area contributed by atoms with Gasteiger partial charge in [0.05, 0.1) is 5.50 Å². The maximum atomic E-state index is 5.90. The molecule has 1 atom stereocenters. The topological polar surface area (TPSA) is 41.0 Å². The number of hydrogen-bond donors (Lipinski definition) is 1. The minimum atomic E-state index is 0.149. The van der Waals surface area contributed by atoms with E-state index in [9.17, 15) is 0 Å². The zero-order valence-electron chi connectivity index (χ0n) is 9.81. The Morgan fingerprint density at radius 3 is 2.12 bits per heavy atom. The molecule has 0 spiro atoms. The third-order valence-electron chi connectivity index (χ3n) is 2.37. The average Bonchev–Trinajstić information content (AvgIpc) is 2.32. The first-order valence-corrected chi connectivity index (χ1v) is 5.95. The summed E-state index contributed by atoms with van der Waals surface area (Å²) in [5.41, 5.74) is 0.149. The molecule has 0 amide bonds. The number of rotatable bonds is 1. The van der Waals surface area contributed by atoms with E-state index in [4.69, 9.17) is 11.6 Å². The highest BCUT2D eigenvalue weighted by Crippen LogP contribution is 2.05. The van der Waals surface area contributed by atoms with E-state index in [2.05, 4.69) is 34.0 Å². The van der Waals surface area contributed by atoms with Crippen molar-refractivity contribution < 1.29 is 0 Å². The Hall–Kier alpha value is -0.710. The summed E-state index contributed by atoms with van der Waals surface area (Å²) < 4.78 is 0. The first kappa shape index (κ1) is 13.4. The van der Waals surface area contributed by atoms with Gasteiger partial charge in [0.2, 0.25) is 0 Å². The Kier molecular flexibility index (Phi) is 6.30. The van der Waals surface area contributed by atoms with Gasteiger partial charge in [0.1, 0.15) is 0 Å². The van der Waals surface area contributed by atoms with Gasteiger partial charge in [0, 0.05) is 50.5 Å². The fourth-order valence-electron chi connectivity index (χ4n) is 1.45. The Bertz CT molecular complexity index is 241. The van der Waals surface area contributed by atoms with Crippen LogP contribution in [-0.2, 0) is 0 Å². The van der Waals surface area contributed by atoms with Crippen LogP contribution >= 0.6 is 11.6 Å². The van der Waals surface area contributed by atoms with Crippen molar-refractivity contribution in [3.8, 4) is 0 Å². The lowest BCUT2D eigenvalue weighted by molar-refractivity contribution is 0.185. The maximum absolute atomic E-state index is 5.90. The molecule has 1 aliphatic rings. The van der Waals surface area contributed by atoms with E-state index >= 15 is 0 Å². The molecule has 1 unspecified atom stereocenters. The van der Waals surface area contributed by atoms with Crippen molar-refractivity contribution >= 4 is 11.6 Å². The molecule has 1 fully saturated rings. The number of nitrogens with zero attached hydrogens (tertiary/aromatic N) is 3. The monoisotopic (exact) mass is 242 g/mol. The largest absolute Gasteiger partial charge is 0.299 e. The van der Waals surface area contributed by atoms with Crippen LogP contribution in [0.5, 0.6) is 0 Å². The second kappa shape index (κ2) is 7.54. The second-order valence-corrected chi connectivity index (χ2v) is 4.43. The van der Waals surface area contributed by atoms with Crippen molar-refractivity contribution in [2.24, 2.45) is 0 Å². The Morgan fingerprint density at radius 2 is 1.81 bits per heavy atom. The summed E-state index contributed by atoms with van der Waals surface area (Å²) in [5.74, 6) is 0. The molecule has 1 aromatic rings. The van der Waals surface area contributed by atoms with Gasteiger partial charge in [-0.25, -0.2) is 0 Å². The number of aromatic nitrogens is 2. The summed E-state index contributed by atoms with van der Waals surface area (Å²) in [6, 6.07) is 0.628. The molecule has 1 aliphatic heterocycles. The summed E-state index contributed by atoms with van der Waals surface area (Å²) in [6.07, 6.45) is 6.56. The van der Waals surface area contributed by atoms with Gasteiger partial charge in [-0.2, -0.15) is 0 Å². The molecule has 1 saturated heterocycles. The van der Waals surface area contributed by atoms with E-state index in [0.717, 1.165) is 19.6 Å². The SMILES string of the molecule is CC(C)N1CCNC(Cl)C1.c1cnccn1. The smallest absolute Gasteiger partial charge is 0.0954 e. The van der Waals surface area contributed by atoms with E-state index in [1.165, 1.54) is 0 Å². The van der Waals surface area contributed by atoms with Crippen molar-refractivity contribution in [2.45, 2.75) is 25.4 Å². The number of hydrogen-bond acceptors (Lipinski definition) is 4. The Balaban J connectivity index is 0.000000181. The summed E-state index contributed by atoms with van der Waals surface area (Å²) in [6.45, 7) is 7.52. The Morgan fingerprint density at radius 1 is 1.25 bits per heavy atom. The summed E-state index contributed by atoms with van der Waals surface area (Å²) >= 11 is 5.90. The maximum Gasteiger partial charge on any atom is 0.0954 e. The average molecular weight is 243 g/mol. The summed E-state index contributed by atoms with van der Waals surface area (Å²) in [4.78, 5) is 9.83. The molecule has 0 radical (unpaired) electrons. The van der Waals surface area contributed by atoms with Gasteiger partial charge in [0.25, 0.3) is 0 Å². The number of piperazine rings is 1. The van der Waals surface area contributed by atoms with Crippen molar-refractivity contribution in [1.82, 2.24) is 20.2 Å². The van der Waals surface area contributed by atoms with E-state index in [0.29, 0.717) is 6.04 Å². The normalized spacial score (nSPS) is 21.4. The first-order chi connectivity index (χ1) is 7.70. The number of alkyl halides is 1. The van der Waals surface area contributed by atoms with E-state index in [1.807, 2.05) is 0 Å². The van der Waals surface area contributed by atoms with Gasteiger partial charge < -0.3 is 0 Å². The molecule has 2 rings (SSSR count). The van der Waals surface area contributed by atoms with E-state index < -0.39 is 0 Å². The lowest BCUT2D eigenvalue weighted by Gasteiger charge is -2.33. The van der Waals surface area contributed by atoms with Crippen LogP contribution < -0.4 is 5.32 Å². The molecule has 0 aromatic carbocycles. The van der Waals surface area contributed by atoms with E-state index in [-0.39, 0.29) is 5.50 Å². The van der Waals surface area contributed by atoms with Crippen LogP contribution in [0.3, 0.4) is 0 Å². The lowest BCUT2D eigenvalue weighted by Crippen LogP contribution is -2.50. The highest BCUT2D eigenvalue weighted by molar-refractivity contribution is 6.20. The van der Waals surface area contributed by atoms with E-state index in [1.54, 1.807) is 24.8 Å². The highest BCUT2D eigenvalue weighted by atomic mass is 35.5. The van der Waals surface area contributed by atoms with Gasteiger partial charge in [-0.15, -0.1) is 11.6 Å². The van der Waals surface area contributed by atoms with Gasteiger partial charge >= 0.3 is 0 Å². The molecule has 0 bridgehead atoms. The highest BCUT2D eigenvalue weighted by Gasteiger charge is 2.18. The zero-order chi connectivity index (χ0) is 11.8. The third-order valence-corrected chi connectivity index (χ3v) is 2.66. The van der Waals surface area contributed by atoms with Crippen LogP contribution in [0.1, 0.15) is 13.8 Å². The van der Waals surface area contributed by atoms with Gasteiger partial charge in [-0.1, -0.05) is 0 Å². The first-order valence-electron chi connectivity index (χ1n) is 5.51. The molecule has 0 aliphatic carbocycles. The van der Waals surface area contributed by atoms with Crippen molar-refractivity contribution in [1.29, 1.82) is 0 Å². The van der Waals surface area contributed by atoms with Crippen LogP contribution in [0.15, 0.2) is 24.8 Å². The van der Waals surface area contributed by atoms with Gasteiger partial charge in [-0.3, -0.25) is 20.2 Å². The summed E-state index contributed by atoms with van der Waals surface area (Å²) in [7, 11) is 0. The van der Waals surface area contributed by atoms with Crippen LogP contribution in [0, 0.1) is 0 Å². The fourth-order valence-corrected chi connectivity index (χ4v) is 1.74. The molecule has 90 valence electrons. The van der Waals surface area contributed by atoms with Crippen LogP contribution in [-0.4, -0.2) is 46.0 Å². The zero-order valence-corrected chi connectivity index (χ0v) is 10.6. The standard InChI is InChI=1S/C7H15ClN2.C4H4N2/c1-6(2)10-4-3-9-7(8)5-10;1-2-6-4-3-5-1/h6-7,9H,3-5H2,1-2H3;1-4H. The molecule has 1 N–H and O–H groups in total. The van der Waals surface area contributed by atoms with Crippen LogP contribution in [0.4, 0.5) is 0 Å². The predicted octanol–water partition coefficient (Wildman–Crippen LogP) is 1.34. The quantitative estimate of drug-likeness (QED) is 0.596. The molecule has 1 aromatic heterocycles. The van der Waals surface area contributed by atoms with Crippen LogP contribution in [0.25, 0.3) is 0 Å². The molecule has 5 heteroatoms. The van der Waals surface area contributed by atoms with Crippen molar-refractivity contribution in [3.05, 3.63) is 24.8 Å². The molecule has 2 heterocycles. The van der Waals surface area contributed by atoms with Crippen LogP contribution in [0.2, 0.25) is 0 Å². The Labute approximate surface area is 102 Å². The van der Waals surface area contributed by atoms with Gasteiger partial charge in [0.15, 0.2) is 0 Å². The van der Waals surface area contributed by atoms with Crippen molar-refractivity contribution in [2.75, 3.05) is 19.6 Å². The minimum absolute atomic E-state index is 0.149. The molecular weight excluding hydrogens is 224 g/mol. The number of halogens is 1. The molecule has 0 saturated carbocycles. The summed E-state index contributed by atoms with van der Waals surface area (Å²) in [5, 5.41) is 3.19. The third kappa shape index (κ3) is 5.39. The predicted molar refractivity (Wildman–Crippen MR) is 66.4 cm³/mol. The van der Waals surface area contributed by atoms with Gasteiger partial charge in [-0.05, 0) is 13.8 Å². The lowest BCUT2D eigenvalue weighted by atomic mass is 10.3.